The van der Waals surface area contributed by atoms with E-state index in [1.54, 1.807) is 0 Å². The molecule has 0 aromatic carbocycles. The predicted molar refractivity (Wildman–Crippen MR) is 82.6 cm³/mol. The van der Waals surface area contributed by atoms with Crippen molar-refractivity contribution in [3.8, 4) is 0 Å². The SMILES string of the molecule is CCCN1CCC(NC2CCCN(CC)CC2)CC1. The summed E-state index contributed by atoms with van der Waals surface area (Å²) in [5.74, 6) is 0. The maximum Gasteiger partial charge on any atom is 0.00940 e. The summed E-state index contributed by atoms with van der Waals surface area (Å²) in [7, 11) is 0. The molecule has 2 rings (SSSR count). The second kappa shape index (κ2) is 8.23. The van der Waals surface area contributed by atoms with Gasteiger partial charge in [0.25, 0.3) is 0 Å². The van der Waals surface area contributed by atoms with Crippen molar-refractivity contribution in [2.24, 2.45) is 0 Å². The Morgan fingerprint density at radius 2 is 1.47 bits per heavy atom. The smallest absolute Gasteiger partial charge is 0.00940 e. The topological polar surface area (TPSA) is 18.5 Å². The number of rotatable bonds is 5. The van der Waals surface area contributed by atoms with Gasteiger partial charge in [0.05, 0.1) is 0 Å². The molecule has 0 saturated carbocycles. The molecule has 0 bridgehead atoms. The molecule has 0 aromatic rings. The standard InChI is InChI=1S/C16H33N3/c1-3-10-19-13-8-16(9-14-19)17-15-6-5-11-18(4-2)12-7-15/h15-17H,3-14H2,1-2H3. The van der Waals surface area contributed by atoms with E-state index in [0.717, 1.165) is 12.1 Å². The van der Waals surface area contributed by atoms with Gasteiger partial charge in [-0.3, -0.25) is 0 Å². The van der Waals surface area contributed by atoms with E-state index in [2.05, 4.69) is 29.0 Å². The molecule has 3 heteroatoms. The second-order valence-corrected chi connectivity index (χ2v) is 6.34. The van der Waals surface area contributed by atoms with Crippen LogP contribution < -0.4 is 5.32 Å². The van der Waals surface area contributed by atoms with Crippen LogP contribution in [0.4, 0.5) is 0 Å². The largest absolute Gasteiger partial charge is 0.311 e. The minimum absolute atomic E-state index is 0.777. The molecule has 1 N–H and O–H groups in total. The Balaban J connectivity index is 1.67. The first-order valence-electron chi connectivity index (χ1n) is 8.52. The van der Waals surface area contributed by atoms with Crippen LogP contribution in [-0.4, -0.2) is 61.2 Å². The summed E-state index contributed by atoms with van der Waals surface area (Å²) >= 11 is 0. The van der Waals surface area contributed by atoms with Crippen molar-refractivity contribution in [2.45, 2.75) is 64.5 Å². The fourth-order valence-corrected chi connectivity index (χ4v) is 3.61. The quantitative estimate of drug-likeness (QED) is 0.825. The van der Waals surface area contributed by atoms with E-state index >= 15 is 0 Å². The Morgan fingerprint density at radius 1 is 0.842 bits per heavy atom. The Morgan fingerprint density at radius 3 is 2.11 bits per heavy atom. The summed E-state index contributed by atoms with van der Waals surface area (Å²) in [5.41, 5.74) is 0. The van der Waals surface area contributed by atoms with Crippen molar-refractivity contribution in [3.05, 3.63) is 0 Å². The van der Waals surface area contributed by atoms with E-state index < -0.39 is 0 Å². The highest BCUT2D eigenvalue weighted by Crippen LogP contribution is 2.16. The monoisotopic (exact) mass is 267 g/mol. The average Bonchev–Trinajstić information content (AvgIpc) is 2.66. The van der Waals surface area contributed by atoms with Crippen molar-refractivity contribution in [3.63, 3.8) is 0 Å². The molecule has 2 fully saturated rings. The van der Waals surface area contributed by atoms with Gasteiger partial charge in [-0.05, 0) is 77.8 Å². The normalized spacial score (nSPS) is 28.4. The maximum absolute atomic E-state index is 3.95. The minimum atomic E-state index is 0.777. The maximum atomic E-state index is 3.95. The molecule has 0 radical (unpaired) electrons. The van der Waals surface area contributed by atoms with E-state index in [-0.39, 0.29) is 0 Å². The van der Waals surface area contributed by atoms with Crippen LogP contribution in [0.25, 0.3) is 0 Å². The summed E-state index contributed by atoms with van der Waals surface area (Å²) in [4.78, 5) is 5.23. The van der Waals surface area contributed by atoms with E-state index in [1.165, 1.54) is 77.8 Å². The predicted octanol–water partition coefficient (Wildman–Crippen LogP) is 2.32. The molecule has 112 valence electrons. The van der Waals surface area contributed by atoms with Gasteiger partial charge in [-0.2, -0.15) is 0 Å². The van der Waals surface area contributed by atoms with E-state index in [1.807, 2.05) is 0 Å². The molecule has 2 aliphatic heterocycles. The van der Waals surface area contributed by atoms with Gasteiger partial charge in [-0.15, -0.1) is 0 Å². The Labute approximate surface area is 119 Å². The zero-order valence-electron chi connectivity index (χ0n) is 13.0. The molecular formula is C16H33N3. The zero-order valence-corrected chi connectivity index (χ0v) is 13.0. The van der Waals surface area contributed by atoms with Gasteiger partial charge in [0.1, 0.15) is 0 Å². The Bertz CT molecular complexity index is 236. The van der Waals surface area contributed by atoms with Crippen molar-refractivity contribution >= 4 is 0 Å². The fraction of sp³-hybridized carbons (Fsp3) is 1.00. The lowest BCUT2D eigenvalue weighted by atomic mass is 10.0. The molecule has 1 unspecified atom stereocenters. The van der Waals surface area contributed by atoms with Crippen molar-refractivity contribution in [2.75, 3.05) is 39.3 Å². The van der Waals surface area contributed by atoms with E-state index in [0.29, 0.717) is 0 Å². The highest BCUT2D eigenvalue weighted by molar-refractivity contribution is 4.82. The van der Waals surface area contributed by atoms with E-state index in [4.69, 9.17) is 0 Å². The number of piperidine rings is 1. The second-order valence-electron chi connectivity index (χ2n) is 6.34. The van der Waals surface area contributed by atoms with Gasteiger partial charge >= 0.3 is 0 Å². The van der Waals surface area contributed by atoms with Crippen LogP contribution >= 0.6 is 0 Å². The Hall–Kier alpha value is -0.120. The third-order valence-corrected chi connectivity index (χ3v) is 4.87. The van der Waals surface area contributed by atoms with Crippen LogP contribution in [0, 0.1) is 0 Å². The lowest BCUT2D eigenvalue weighted by Crippen LogP contribution is -2.46. The van der Waals surface area contributed by atoms with Gasteiger partial charge < -0.3 is 15.1 Å². The van der Waals surface area contributed by atoms with Crippen LogP contribution in [0.5, 0.6) is 0 Å². The van der Waals surface area contributed by atoms with Crippen LogP contribution in [0.2, 0.25) is 0 Å². The number of hydrogen-bond acceptors (Lipinski definition) is 3. The molecule has 0 aromatic heterocycles. The molecule has 0 aliphatic carbocycles. The minimum Gasteiger partial charge on any atom is -0.311 e. The highest BCUT2D eigenvalue weighted by Gasteiger charge is 2.22. The molecule has 3 nitrogen and oxygen atoms in total. The number of hydrogen-bond donors (Lipinski definition) is 1. The first-order valence-corrected chi connectivity index (χ1v) is 8.52. The van der Waals surface area contributed by atoms with Gasteiger partial charge in [0, 0.05) is 12.1 Å². The molecule has 0 amide bonds. The first-order chi connectivity index (χ1) is 9.31. The molecule has 19 heavy (non-hydrogen) atoms. The number of likely N-dealkylation sites (tertiary alicyclic amines) is 2. The summed E-state index contributed by atoms with van der Waals surface area (Å²) in [6.45, 7) is 12.3. The fourth-order valence-electron chi connectivity index (χ4n) is 3.61. The van der Waals surface area contributed by atoms with Gasteiger partial charge in [0.2, 0.25) is 0 Å². The van der Waals surface area contributed by atoms with Crippen LogP contribution in [0.15, 0.2) is 0 Å². The van der Waals surface area contributed by atoms with Gasteiger partial charge in [0.15, 0.2) is 0 Å². The average molecular weight is 267 g/mol. The summed E-state index contributed by atoms with van der Waals surface area (Å²) < 4.78 is 0. The van der Waals surface area contributed by atoms with Crippen LogP contribution in [-0.2, 0) is 0 Å². The molecule has 2 aliphatic rings. The van der Waals surface area contributed by atoms with Gasteiger partial charge in [-0.1, -0.05) is 13.8 Å². The molecule has 1 atom stereocenters. The summed E-state index contributed by atoms with van der Waals surface area (Å²) in [5, 5.41) is 3.95. The third kappa shape index (κ3) is 5.05. The van der Waals surface area contributed by atoms with Crippen LogP contribution in [0.3, 0.4) is 0 Å². The summed E-state index contributed by atoms with van der Waals surface area (Å²) in [6, 6.07) is 1.56. The zero-order chi connectivity index (χ0) is 13.5. The van der Waals surface area contributed by atoms with E-state index in [9.17, 15) is 0 Å². The highest BCUT2D eigenvalue weighted by atomic mass is 15.1. The van der Waals surface area contributed by atoms with Gasteiger partial charge in [-0.25, -0.2) is 0 Å². The lowest BCUT2D eigenvalue weighted by molar-refractivity contribution is 0.188. The van der Waals surface area contributed by atoms with Crippen molar-refractivity contribution < 1.29 is 0 Å². The lowest BCUT2D eigenvalue weighted by Gasteiger charge is -2.34. The third-order valence-electron chi connectivity index (χ3n) is 4.87. The van der Waals surface area contributed by atoms with Crippen LogP contribution in [0.1, 0.15) is 52.4 Å². The van der Waals surface area contributed by atoms with Crippen molar-refractivity contribution in [1.82, 2.24) is 15.1 Å². The number of nitrogens with one attached hydrogen (secondary N) is 1. The summed E-state index contributed by atoms with van der Waals surface area (Å²) in [6.07, 6.45) is 8.12. The van der Waals surface area contributed by atoms with Crippen molar-refractivity contribution in [1.29, 1.82) is 0 Å². The molecular weight excluding hydrogens is 234 g/mol. The molecule has 2 heterocycles. The molecule has 0 spiro atoms. The number of nitrogens with zero attached hydrogens (tertiary/aromatic N) is 2. The first kappa shape index (κ1) is 15.3. The molecule has 2 saturated heterocycles. The Kier molecular flexibility index (Phi) is 6.62.